The molecule has 6 heteroatoms. The Morgan fingerprint density at radius 3 is 2.21 bits per heavy atom. The van der Waals surface area contributed by atoms with Crippen LogP contribution in [0.2, 0.25) is 0 Å². The zero-order valence-electron chi connectivity index (χ0n) is 18.0. The number of hydrogen-bond donors (Lipinski definition) is 0. The molecule has 0 saturated heterocycles. The number of esters is 1. The Morgan fingerprint density at radius 1 is 1.21 bits per heavy atom. The fraction of sp³-hybridized carbons (Fsp3) is 0.591. The molecule has 1 rings (SSSR count). The Kier molecular flexibility index (Phi) is 9.16. The minimum Gasteiger partial charge on any atom is -0.466 e. The van der Waals surface area contributed by atoms with E-state index in [2.05, 4.69) is 39.2 Å². The maximum absolute atomic E-state index is 12.0. The summed E-state index contributed by atoms with van der Waals surface area (Å²) < 4.78 is 5.05. The van der Waals surface area contributed by atoms with Gasteiger partial charge < -0.3 is 9.64 Å². The molecule has 1 atom stereocenters. The average molecular weight is 391 g/mol. The van der Waals surface area contributed by atoms with Crippen LogP contribution >= 0.6 is 0 Å². The summed E-state index contributed by atoms with van der Waals surface area (Å²) in [6, 6.07) is 5.26. The molecule has 1 unspecified atom stereocenters. The van der Waals surface area contributed by atoms with E-state index in [1.165, 1.54) is 0 Å². The second kappa shape index (κ2) is 10.8. The predicted octanol–water partition coefficient (Wildman–Crippen LogP) is 5.33. The van der Waals surface area contributed by atoms with Crippen LogP contribution in [0.15, 0.2) is 30.4 Å². The Labute approximate surface area is 168 Å². The number of rotatable bonds is 11. The monoisotopic (exact) mass is 390 g/mol. The molecule has 1 aromatic rings. The van der Waals surface area contributed by atoms with Crippen molar-refractivity contribution in [1.82, 2.24) is 0 Å². The summed E-state index contributed by atoms with van der Waals surface area (Å²) in [5, 5.41) is 11.8. The second-order valence-electron chi connectivity index (χ2n) is 8.11. The largest absolute Gasteiger partial charge is 0.466 e. The molecule has 28 heavy (non-hydrogen) atoms. The van der Waals surface area contributed by atoms with Crippen LogP contribution in [0.3, 0.4) is 0 Å². The van der Waals surface area contributed by atoms with E-state index in [0.29, 0.717) is 29.7 Å². The van der Waals surface area contributed by atoms with Crippen LogP contribution in [-0.4, -0.2) is 30.6 Å². The van der Waals surface area contributed by atoms with Crippen LogP contribution in [0.5, 0.6) is 0 Å². The van der Waals surface area contributed by atoms with Gasteiger partial charge in [-0.2, -0.15) is 0 Å². The lowest BCUT2D eigenvalue weighted by atomic mass is 9.89. The van der Waals surface area contributed by atoms with Crippen molar-refractivity contribution in [3.05, 3.63) is 46.0 Å². The molecular weight excluding hydrogens is 356 g/mol. The van der Waals surface area contributed by atoms with E-state index in [4.69, 9.17) is 4.74 Å². The summed E-state index contributed by atoms with van der Waals surface area (Å²) in [5.74, 6) is 0.119. The topological polar surface area (TPSA) is 72.7 Å². The molecule has 0 bridgehead atoms. The first-order valence-corrected chi connectivity index (χ1v) is 9.91. The smallest absolute Gasteiger partial charge is 0.306 e. The summed E-state index contributed by atoms with van der Waals surface area (Å²) in [6.45, 7) is 17.7. The molecule has 0 fully saturated rings. The summed E-state index contributed by atoms with van der Waals surface area (Å²) >= 11 is 0. The first-order valence-electron chi connectivity index (χ1n) is 9.91. The van der Waals surface area contributed by atoms with E-state index >= 15 is 0 Å². The first-order chi connectivity index (χ1) is 13.1. The molecule has 0 N–H and O–H groups in total. The van der Waals surface area contributed by atoms with Gasteiger partial charge in [-0.25, -0.2) is 0 Å². The number of nitro benzene ring substituents is 1. The van der Waals surface area contributed by atoms with Crippen molar-refractivity contribution in [3.63, 3.8) is 0 Å². The quantitative estimate of drug-likeness (QED) is 0.221. The van der Waals surface area contributed by atoms with E-state index < -0.39 is 0 Å². The van der Waals surface area contributed by atoms with Gasteiger partial charge >= 0.3 is 5.97 Å². The lowest BCUT2D eigenvalue weighted by Gasteiger charge is -2.28. The third-order valence-electron chi connectivity index (χ3n) is 4.38. The van der Waals surface area contributed by atoms with Crippen molar-refractivity contribution >= 4 is 17.3 Å². The van der Waals surface area contributed by atoms with Gasteiger partial charge in [0.2, 0.25) is 0 Å². The standard InChI is InChI=1S/C22H34N2O4/c1-8-28-22(25)12-19(17(6)7)18-9-10-20(21(11-18)24(26)27)23(13-15(2)3)14-16(4)5/h9-11,15-16,19H,6,8,12-14H2,1-5,7H3. The predicted molar refractivity (Wildman–Crippen MR) is 114 cm³/mol. The lowest BCUT2D eigenvalue weighted by molar-refractivity contribution is -0.384. The summed E-state index contributed by atoms with van der Waals surface area (Å²) in [7, 11) is 0. The highest BCUT2D eigenvalue weighted by molar-refractivity contribution is 5.72. The number of benzene rings is 1. The number of ether oxygens (including phenoxy) is 1. The summed E-state index contributed by atoms with van der Waals surface area (Å²) in [4.78, 5) is 25.5. The van der Waals surface area contributed by atoms with Crippen molar-refractivity contribution in [1.29, 1.82) is 0 Å². The molecule has 0 aromatic heterocycles. The van der Waals surface area contributed by atoms with Gasteiger partial charge in [0.05, 0.1) is 18.0 Å². The van der Waals surface area contributed by atoms with Gasteiger partial charge in [-0.05, 0) is 37.3 Å². The Balaban J connectivity index is 3.35. The van der Waals surface area contributed by atoms with Gasteiger partial charge in [-0.15, -0.1) is 0 Å². The molecule has 1 aromatic carbocycles. The molecule has 0 amide bonds. The molecule has 0 aliphatic rings. The molecule has 156 valence electrons. The van der Waals surface area contributed by atoms with Crippen molar-refractivity contribution in [2.24, 2.45) is 11.8 Å². The van der Waals surface area contributed by atoms with Gasteiger partial charge in [0.25, 0.3) is 5.69 Å². The van der Waals surface area contributed by atoms with E-state index in [1.807, 2.05) is 13.0 Å². The molecule has 0 radical (unpaired) electrons. The van der Waals surface area contributed by atoms with Crippen molar-refractivity contribution < 1.29 is 14.5 Å². The van der Waals surface area contributed by atoms with E-state index in [0.717, 1.165) is 18.7 Å². The number of carbonyl (C=O) groups excluding carboxylic acids is 1. The fourth-order valence-electron chi connectivity index (χ4n) is 3.29. The molecule has 0 aliphatic heterocycles. The molecule has 6 nitrogen and oxygen atoms in total. The molecule has 0 saturated carbocycles. The zero-order chi connectivity index (χ0) is 21.4. The first kappa shape index (κ1) is 23.7. The van der Waals surface area contributed by atoms with Crippen LogP contribution in [0, 0.1) is 22.0 Å². The number of hydrogen-bond acceptors (Lipinski definition) is 5. The lowest BCUT2D eigenvalue weighted by Crippen LogP contribution is -2.31. The molecule has 0 spiro atoms. The molecule has 0 heterocycles. The highest BCUT2D eigenvalue weighted by Gasteiger charge is 2.25. The third-order valence-corrected chi connectivity index (χ3v) is 4.38. The minimum atomic E-state index is -0.341. The van der Waals surface area contributed by atoms with Crippen molar-refractivity contribution in [3.8, 4) is 0 Å². The SMILES string of the molecule is C=C(C)C(CC(=O)OCC)c1ccc(N(CC(C)C)CC(C)C)c([N+](=O)[O-])c1. The van der Waals surface area contributed by atoms with Gasteiger partial charge in [-0.3, -0.25) is 14.9 Å². The summed E-state index contributed by atoms with van der Waals surface area (Å²) in [6.07, 6.45) is 0.126. The molecule has 0 aliphatic carbocycles. The van der Waals surface area contributed by atoms with Crippen molar-refractivity contribution in [2.45, 2.75) is 53.9 Å². The second-order valence-corrected chi connectivity index (χ2v) is 8.11. The van der Waals surface area contributed by atoms with E-state index in [9.17, 15) is 14.9 Å². The number of anilines is 1. The van der Waals surface area contributed by atoms with Crippen LogP contribution in [0.1, 0.15) is 59.4 Å². The summed E-state index contributed by atoms with van der Waals surface area (Å²) in [5.41, 5.74) is 2.17. The van der Waals surface area contributed by atoms with Gasteiger partial charge in [0.15, 0.2) is 0 Å². The molecular formula is C22H34N2O4. The maximum Gasteiger partial charge on any atom is 0.306 e. The van der Waals surface area contributed by atoms with Gasteiger partial charge in [0.1, 0.15) is 5.69 Å². The average Bonchev–Trinajstić information content (AvgIpc) is 2.57. The normalized spacial score (nSPS) is 12.1. The van der Waals surface area contributed by atoms with Crippen LogP contribution in [0.4, 0.5) is 11.4 Å². The Morgan fingerprint density at radius 2 is 1.79 bits per heavy atom. The fourth-order valence-corrected chi connectivity index (χ4v) is 3.29. The van der Waals surface area contributed by atoms with Crippen LogP contribution < -0.4 is 4.90 Å². The third kappa shape index (κ3) is 6.98. The maximum atomic E-state index is 12.0. The highest BCUT2D eigenvalue weighted by atomic mass is 16.6. The number of nitrogens with zero attached hydrogens (tertiary/aromatic N) is 2. The number of carbonyl (C=O) groups is 1. The van der Waals surface area contributed by atoms with Crippen LogP contribution in [-0.2, 0) is 9.53 Å². The van der Waals surface area contributed by atoms with Crippen LogP contribution in [0.25, 0.3) is 0 Å². The number of allylic oxidation sites excluding steroid dienone is 1. The minimum absolute atomic E-state index is 0.0638. The van der Waals surface area contributed by atoms with Gasteiger partial charge in [0, 0.05) is 25.1 Å². The Hall–Kier alpha value is -2.37. The number of nitro groups is 1. The Bertz CT molecular complexity index is 688. The van der Waals surface area contributed by atoms with Gasteiger partial charge in [-0.1, -0.05) is 45.9 Å². The van der Waals surface area contributed by atoms with E-state index in [-0.39, 0.29) is 28.9 Å². The highest BCUT2D eigenvalue weighted by Crippen LogP contribution is 2.36. The van der Waals surface area contributed by atoms with E-state index in [1.54, 1.807) is 19.1 Å². The zero-order valence-corrected chi connectivity index (χ0v) is 18.0. The van der Waals surface area contributed by atoms with Crippen molar-refractivity contribution in [2.75, 3.05) is 24.6 Å².